The molecule has 20 heavy (non-hydrogen) atoms. The van der Waals surface area contributed by atoms with Gasteiger partial charge in [0.05, 0.1) is 4.47 Å². The Morgan fingerprint density at radius 2 is 1.80 bits per heavy atom. The van der Waals surface area contributed by atoms with Gasteiger partial charge >= 0.3 is 0 Å². The van der Waals surface area contributed by atoms with Gasteiger partial charge in [0.25, 0.3) is 0 Å². The van der Waals surface area contributed by atoms with Crippen LogP contribution in [0.4, 0.5) is 4.39 Å². The molecule has 0 amide bonds. The Morgan fingerprint density at radius 3 is 2.45 bits per heavy atom. The quantitative estimate of drug-likeness (QED) is 0.821. The molecule has 2 atom stereocenters. The fourth-order valence-corrected chi connectivity index (χ4v) is 2.73. The summed E-state index contributed by atoms with van der Waals surface area (Å²) in [5, 5.41) is 3.55. The van der Waals surface area contributed by atoms with Crippen molar-refractivity contribution >= 4 is 15.9 Å². The molecule has 0 saturated carbocycles. The van der Waals surface area contributed by atoms with Crippen molar-refractivity contribution in [3.8, 4) is 0 Å². The molecule has 0 bridgehead atoms. The molecule has 0 saturated heterocycles. The van der Waals surface area contributed by atoms with Crippen molar-refractivity contribution in [3.05, 3.63) is 69.9 Å². The third-order valence-electron chi connectivity index (χ3n) is 3.36. The maximum atomic E-state index is 13.2. The average molecular weight is 336 g/mol. The SMILES string of the molecule is CC(Cc1ccccc1)NC(C)c1ccc(F)c(Br)c1. The first kappa shape index (κ1) is 15.2. The van der Waals surface area contributed by atoms with E-state index in [9.17, 15) is 4.39 Å². The molecule has 3 heteroatoms. The number of hydrogen-bond donors (Lipinski definition) is 1. The molecule has 1 nitrogen and oxygen atoms in total. The molecular formula is C17H19BrFN. The van der Waals surface area contributed by atoms with E-state index in [0.29, 0.717) is 10.5 Å². The second kappa shape index (κ2) is 7.00. The van der Waals surface area contributed by atoms with Crippen LogP contribution in [0.25, 0.3) is 0 Å². The van der Waals surface area contributed by atoms with Crippen LogP contribution in [0.3, 0.4) is 0 Å². The van der Waals surface area contributed by atoms with Crippen molar-refractivity contribution in [3.63, 3.8) is 0 Å². The summed E-state index contributed by atoms with van der Waals surface area (Å²) in [6.07, 6.45) is 0.980. The van der Waals surface area contributed by atoms with Gasteiger partial charge in [0, 0.05) is 12.1 Å². The first-order valence-electron chi connectivity index (χ1n) is 6.81. The van der Waals surface area contributed by atoms with Crippen LogP contribution in [0.15, 0.2) is 53.0 Å². The Bertz CT molecular complexity index is 556. The summed E-state index contributed by atoms with van der Waals surface area (Å²) in [6, 6.07) is 16.1. The normalized spacial score (nSPS) is 14.0. The van der Waals surface area contributed by atoms with Gasteiger partial charge in [-0.2, -0.15) is 0 Å². The molecule has 106 valence electrons. The Hall–Kier alpha value is -1.19. The fourth-order valence-electron chi connectivity index (χ4n) is 2.33. The van der Waals surface area contributed by atoms with Gasteiger partial charge in [-0.1, -0.05) is 36.4 Å². The maximum Gasteiger partial charge on any atom is 0.137 e. The maximum absolute atomic E-state index is 13.2. The van der Waals surface area contributed by atoms with E-state index < -0.39 is 0 Å². The summed E-state index contributed by atoms with van der Waals surface area (Å²) in [5.41, 5.74) is 2.40. The average Bonchev–Trinajstić information content (AvgIpc) is 2.42. The van der Waals surface area contributed by atoms with Gasteiger partial charge in [0.15, 0.2) is 0 Å². The molecule has 0 aliphatic heterocycles. The summed E-state index contributed by atoms with van der Waals surface area (Å²) < 4.78 is 13.8. The molecule has 2 aromatic rings. The zero-order chi connectivity index (χ0) is 14.5. The standard InChI is InChI=1S/C17H19BrFN/c1-12(10-14-6-4-3-5-7-14)20-13(2)15-8-9-17(19)16(18)11-15/h3-9,11-13,20H,10H2,1-2H3. The van der Waals surface area contributed by atoms with E-state index in [1.54, 1.807) is 0 Å². The molecule has 2 aromatic carbocycles. The Labute approximate surface area is 128 Å². The number of hydrogen-bond acceptors (Lipinski definition) is 1. The predicted molar refractivity (Wildman–Crippen MR) is 85.3 cm³/mol. The molecule has 0 fully saturated rings. The van der Waals surface area contributed by atoms with Crippen LogP contribution in [-0.2, 0) is 6.42 Å². The monoisotopic (exact) mass is 335 g/mol. The van der Waals surface area contributed by atoms with Crippen LogP contribution in [0, 0.1) is 5.82 Å². The third kappa shape index (κ3) is 4.15. The summed E-state index contributed by atoms with van der Waals surface area (Å²) in [7, 11) is 0. The molecule has 2 unspecified atom stereocenters. The van der Waals surface area contributed by atoms with Crippen molar-refractivity contribution in [2.24, 2.45) is 0 Å². The molecule has 0 aliphatic rings. The van der Waals surface area contributed by atoms with Crippen LogP contribution >= 0.6 is 15.9 Å². The number of benzene rings is 2. The molecule has 1 N–H and O–H groups in total. The molecule has 0 spiro atoms. The molecule has 2 rings (SSSR count). The lowest BCUT2D eigenvalue weighted by atomic mass is 10.0. The lowest BCUT2D eigenvalue weighted by molar-refractivity contribution is 0.476. The predicted octanol–water partition coefficient (Wildman–Crippen LogP) is 4.87. The highest BCUT2D eigenvalue weighted by atomic mass is 79.9. The van der Waals surface area contributed by atoms with Crippen molar-refractivity contribution in [2.75, 3.05) is 0 Å². The van der Waals surface area contributed by atoms with Gasteiger partial charge in [-0.25, -0.2) is 4.39 Å². The van der Waals surface area contributed by atoms with Gasteiger partial charge in [-0.15, -0.1) is 0 Å². The van der Waals surface area contributed by atoms with Gasteiger partial charge < -0.3 is 5.32 Å². The lowest BCUT2D eigenvalue weighted by Gasteiger charge is -2.21. The minimum absolute atomic E-state index is 0.186. The summed E-state index contributed by atoms with van der Waals surface area (Å²) in [4.78, 5) is 0. The van der Waals surface area contributed by atoms with Crippen LogP contribution in [0.1, 0.15) is 31.0 Å². The third-order valence-corrected chi connectivity index (χ3v) is 3.97. The molecule has 0 aliphatic carbocycles. The number of rotatable bonds is 5. The summed E-state index contributed by atoms with van der Waals surface area (Å²) in [6.45, 7) is 4.27. The van der Waals surface area contributed by atoms with E-state index in [-0.39, 0.29) is 11.9 Å². The highest BCUT2D eigenvalue weighted by molar-refractivity contribution is 9.10. The van der Waals surface area contributed by atoms with Crippen molar-refractivity contribution in [1.82, 2.24) is 5.32 Å². The minimum Gasteiger partial charge on any atom is -0.307 e. The summed E-state index contributed by atoms with van der Waals surface area (Å²) in [5.74, 6) is -0.224. The van der Waals surface area contributed by atoms with E-state index in [2.05, 4.69) is 59.4 Å². The molecule has 0 aromatic heterocycles. The van der Waals surface area contributed by atoms with E-state index >= 15 is 0 Å². The van der Waals surface area contributed by atoms with Crippen molar-refractivity contribution in [2.45, 2.75) is 32.4 Å². The van der Waals surface area contributed by atoms with E-state index in [1.165, 1.54) is 11.6 Å². The Kier molecular flexibility index (Phi) is 5.32. The van der Waals surface area contributed by atoms with Gasteiger partial charge in [0.2, 0.25) is 0 Å². The zero-order valence-corrected chi connectivity index (χ0v) is 13.3. The van der Waals surface area contributed by atoms with Crippen LogP contribution < -0.4 is 5.32 Å². The van der Waals surface area contributed by atoms with Crippen LogP contribution in [0.2, 0.25) is 0 Å². The van der Waals surface area contributed by atoms with Crippen LogP contribution in [-0.4, -0.2) is 6.04 Å². The smallest absolute Gasteiger partial charge is 0.137 e. The van der Waals surface area contributed by atoms with E-state index in [4.69, 9.17) is 0 Å². The van der Waals surface area contributed by atoms with Crippen molar-refractivity contribution < 1.29 is 4.39 Å². The topological polar surface area (TPSA) is 12.0 Å². The fraction of sp³-hybridized carbons (Fsp3) is 0.294. The summed E-state index contributed by atoms with van der Waals surface area (Å²) >= 11 is 3.23. The number of nitrogens with one attached hydrogen (secondary N) is 1. The zero-order valence-electron chi connectivity index (χ0n) is 11.7. The molecule has 0 radical (unpaired) electrons. The number of halogens is 2. The first-order valence-corrected chi connectivity index (χ1v) is 7.60. The minimum atomic E-state index is -0.224. The van der Waals surface area contributed by atoms with Gasteiger partial charge in [-0.05, 0) is 59.5 Å². The highest BCUT2D eigenvalue weighted by Crippen LogP contribution is 2.21. The second-order valence-electron chi connectivity index (χ2n) is 5.15. The highest BCUT2D eigenvalue weighted by Gasteiger charge is 2.11. The molecular weight excluding hydrogens is 317 g/mol. The lowest BCUT2D eigenvalue weighted by Crippen LogP contribution is -2.30. The van der Waals surface area contributed by atoms with Crippen LogP contribution in [0.5, 0.6) is 0 Å². The molecule has 0 heterocycles. The van der Waals surface area contributed by atoms with Gasteiger partial charge in [-0.3, -0.25) is 0 Å². The Balaban J connectivity index is 1.96. The van der Waals surface area contributed by atoms with Crippen molar-refractivity contribution in [1.29, 1.82) is 0 Å². The van der Waals surface area contributed by atoms with Gasteiger partial charge in [0.1, 0.15) is 5.82 Å². The van der Waals surface area contributed by atoms with E-state index in [1.807, 2.05) is 18.2 Å². The first-order chi connectivity index (χ1) is 9.56. The van der Waals surface area contributed by atoms with E-state index in [0.717, 1.165) is 12.0 Å². The Morgan fingerprint density at radius 1 is 1.10 bits per heavy atom. The second-order valence-corrected chi connectivity index (χ2v) is 6.01. The largest absolute Gasteiger partial charge is 0.307 e.